The monoisotopic (exact) mass is 190 g/mol. The molecule has 1 aromatic rings. The van der Waals surface area contributed by atoms with Crippen molar-refractivity contribution in [2.45, 2.75) is 32.7 Å². The number of hydrogen-bond acceptors (Lipinski definition) is 2. The molecule has 3 N–H and O–H groups in total. The van der Waals surface area contributed by atoms with E-state index in [4.69, 9.17) is 5.73 Å². The van der Waals surface area contributed by atoms with E-state index in [-0.39, 0.29) is 0 Å². The maximum atomic E-state index is 6.12. The number of nitrogen functional groups attached to an aromatic ring is 1. The van der Waals surface area contributed by atoms with Crippen LogP contribution in [0.2, 0.25) is 0 Å². The van der Waals surface area contributed by atoms with Crippen molar-refractivity contribution in [3.05, 3.63) is 28.8 Å². The molecule has 76 valence electrons. The van der Waals surface area contributed by atoms with Crippen molar-refractivity contribution in [3.8, 4) is 0 Å². The fraction of sp³-hybridized carbons (Fsp3) is 0.500. The van der Waals surface area contributed by atoms with Crippen LogP contribution in [0.1, 0.15) is 35.6 Å². The zero-order chi connectivity index (χ0) is 10.1. The normalized spacial score (nSPS) is 21.4. The van der Waals surface area contributed by atoms with E-state index in [1.54, 1.807) is 0 Å². The summed E-state index contributed by atoms with van der Waals surface area (Å²) < 4.78 is 0. The first-order chi connectivity index (χ1) is 6.70. The first kappa shape index (κ1) is 9.53. The van der Waals surface area contributed by atoms with Gasteiger partial charge in [-0.25, -0.2) is 0 Å². The first-order valence-corrected chi connectivity index (χ1v) is 5.29. The number of benzene rings is 1. The van der Waals surface area contributed by atoms with Gasteiger partial charge in [0.2, 0.25) is 0 Å². The number of hydrogen-bond donors (Lipinski definition) is 2. The summed E-state index contributed by atoms with van der Waals surface area (Å²) in [6.07, 6.45) is 2.48. The summed E-state index contributed by atoms with van der Waals surface area (Å²) >= 11 is 0. The van der Waals surface area contributed by atoms with Gasteiger partial charge < -0.3 is 11.1 Å². The lowest BCUT2D eigenvalue weighted by atomic mass is 9.97. The fourth-order valence-electron chi connectivity index (χ4n) is 2.11. The van der Waals surface area contributed by atoms with Gasteiger partial charge in [0.05, 0.1) is 0 Å². The molecule has 0 aromatic heterocycles. The van der Waals surface area contributed by atoms with Crippen molar-refractivity contribution in [1.82, 2.24) is 5.32 Å². The molecular formula is C12H18N2. The lowest BCUT2D eigenvalue weighted by molar-refractivity contribution is 0.649. The molecule has 1 atom stereocenters. The van der Waals surface area contributed by atoms with E-state index >= 15 is 0 Å². The maximum Gasteiger partial charge on any atom is 0.0394 e. The molecule has 1 aliphatic heterocycles. The van der Waals surface area contributed by atoms with Crippen molar-refractivity contribution < 1.29 is 0 Å². The summed E-state index contributed by atoms with van der Waals surface area (Å²) in [5.74, 6) is 0. The summed E-state index contributed by atoms with van der Waals surface area (Å²) in [5, 5.41) is 3.48. The quantitative estimate of drug-likeness (QED) is 0.667. The lowest BCUT2D eigenvalue weighted by Gasteiger charge is -2.16. The highest BCUT2D eigenvalue weighted by Gasteiger charge is 2.19. The number of aryl methyl sites for hydroxylation is 1. The molecule has 1 fully saturated rings. The molecule has 2 nitrogen and oxygen atoms in total. The molecular weight excluding hydrogens is 172 g/mol. The molecule has 2 rings (SSSR count). The Bertz CT molecular complexity index is 338. The van der Waals surface area contributed by atoms with Crippen LogP contribution in [-0.2, 0) is 0 Å². The minimum Gasteiger partial charge on any atom is -0.398 e. The van der Waals surface area contributed by atoms with Crippen molar-refractivity contribution in [3.63, 3.8) is 0 Å². The number of rotatable bonds is 1. The van der Waals surface area contributed by atoms with E-state index in [0.29, 0.717) is 6.04 Å². The summed E-state index contributed by atoms with van der Waals surface area (Å²) in [6, 6.07) is 4.82. The highest BCUT2D eigenvalue weighted by molar-refractivity contribution is 5.57. The van der Waals surface area contributed by atoms with Crippen molar-refractivity contribution in [2.75, 3.05) is 12.3 Å². The first-order valence-electron chi connectivity index (χ1n) is 5.29. The van der Waals surface area contributed by atoms with E-state index in [0.717, 1.165) is 12.2 Å². The Morgan fingerprint density at radius 2 is 2.14 bits per heavy atom. The summed E-state index contributed by atoms with van der Waals surface area (Å²) in [5.41, 5.74) is 10.9. The lowest BCUT2D eigenvalue weighted by Crippen LogP contribution is -2.15. The molecule has 1 saturated heterocycles. The van der Waals surface area contributed by atoms with E-state index in [1.807, 2.05) is 0 Å². The number of anilines is 1. The van der Waals surface area contributed by atoms with Gasteiger partial charge in [-0.1, -0.05) is 12.1 Å². The summed E-state index contributed by atoms with van der Waals surface area (Å²) in [6.45, 7) is 5.33. The van der Waals surface area contributed by atoms with Crippen LogP contribution < -0.4 is 11.1 Å². The molecule has 1 aromatic carbocycles. The zero-order valence-corrected chi connectivity index (χ0v) is 8.93. The van der Waals surface area contributed by atoms with Crippen LogP contribution in [0.15, 0.2) is 12.1 Å². The van der Waals surface area contributed by atoms with E-state index < -0.39 is 0 Å². The van der Waals surface area contributed by atoms with Crippen LogP contribution in [0, 0.1) is 13.8 Å². The Hall–Kier alpha value is -1.02. The molecule has 1 heterocycles. The molecule has 1 unspecified atom stereocenters. The number of nitrogens with one attached hydrogen (secondary N) is 1. The Morgan fingerprint density at radius 3 is 2.79 bits per heavy atom. The van der Waals surface area contributed by atoms with Gasteiger partial charge in [0.1, 0.15) is 0 Å². The second kappa shape index (κ2) is 3.62. The molecule has 14 heavy (non-hydrogen) atoms. The van der Waals surface area contributed by atoms with Crippen LogP contribution in [0.5, 0.6) is 0 Å². The third-order valence-electron chi connectivity index (χ3n) is 3.26. The average molecular weight is 190 g/mol. The Kier molecular flexibility index (Phi) is 2.46. The smallest absolute Gasteiger partial charge is 0.0394 e. The van der Waals surface area contributed by atoms with Crippen LogP contribution >= 0.6 is 0 Å². The van der Waals surface area contributed by atoms with Gasteiger partial charge in [0.15, 0.2) is 0 Å². The predicted octanol–water partition coefficient (Wildman–Crippen LogP) is 2.31. The molecule has 0 saturated carbocycles. The molecule has 0 amide bonds. The van der Waals surface area contributed by atoms with E-state index in [2.05, 4.69) is 31.3 Å². The van der Waals surface area contributed by atoms with Crippen LogP contribution in [-0.4, -0.2) is 6.54 Å². The van der Waals surface area contributed by atoms with Crippen molar-refractivity contribution >= 4 is 5.69 Å². The van der Waals surface area contributed by atoms with Crippen molar-refractivity contribution in [2.24, 2.45) is 0 Å². The second-order valence-electron chi connectivity index (χ2n) is 4.16. The Labute approximate surface area is 85.5 Å². The van der Waals surface area contributed by atoms with E-state index in [9.17, 15) is 0 Å². The van der Waals surface area contributed by atoms with Crippen LogP contribution in [0.4, 0.5) is 5.69 Å². The standard InChI is InChI=1S/C12H18N2/c1-8-5-6-10(12(13)9(8)2)11-4-3-7-14-11/h5-6,11,14H,3-4,7,13H2,1-2H3. The minimum absolute atomic E-state index is 0.481. The SMILES string of the molecule is Cc1ccc(C2CCCN2)c(N)c1C. The highest BCUT2D eigenvalue weighted by atomic mass is 14.9. The molecule has 0 aliphatic carbocycles. The van der Waals surface area contributed by atoms with Gasteiger partial charge in [0, 0.05) is 11.7 Å². The molecule has 2 heteroatoms. The topological polar surface area (TPSA) is 38.0 Å². The van der Waals surface area contributed by atoms with Crippen molar-refractivity contribution in [1.29, 1.82) is 0 Å². The molecule has 1 aliphatic rings. The Balaban J connectivity index is 2.38. The zero-order valence-electron chi connectivity index (χ0n) is 8.93. The highest BCUT2D eigenvalue weighted by Crippen LogP contribution is 2.30. The minimum atomic E-state index is 0.481. The van der Waals surface area contributed by atoms with E-state index in [1.165, 1.54) is 29.5 Å². The maximum absolute atomic E-state index is 6.12. The summed E-state index contributed by atoms with van der Waals surface area (Å²) in [4.78, 5) is 0. The second-order valence-corrected chi connectivity index (χ2v) is 4.16. The Morgan fingerprint density at radius 1 is 1.36 bits per heavy atom. The van der Waals surface area contributed by atoms with Crippen LogP contribution in [0.3, 0.4) is 0 Å². The largest absolute Gasteiger partial charge is 0.398 e. The third kappa shape index (κ3) is 1.50. The number of nitrogens with two attached hydrogens (primary N) is 1. The molecule has 0 radical (unpaired) electrons. The van der Waals surface area contributed by atoms with Gasteiger partial charge in [-0.05, 0) is 49.9 Å². The summed E-state index contributed by atoms with van der Waals surface area (Å²) in [7, 11) is 0. The fourth-order valence-corrected chi connectivity index (χ4v) is 2.11. The van der Waals surface area contributed by atoms with Gasteiger partial charge in [-0.3, -0.25) is 0 Å². The van der Waals surface area contributed by atoms with Crippen LogP contribution in [0.25, 0.3) is 0 Å². The van der Waals surface area contributed by atoms with Gasteiger partial charge >= 0.3 is 0 Å². The average Bonchev–Trinajstić information content (AvgIpc) is 2.67. The van der Waals surface area contributed by atoms with Gasteiger partial charge in [-0.15, -0.1) is 0 Å². The predicted molar refractivity (Wildman–Crippen MR) is 60.3 cm³/mol. The molecule has 0 bridgehead atoms. The third-order valence-corrected chi connectivity index (χ3v) is 3.26. The van der Waals surface area contributed by atoms with Gasteiger partial charge in [-0.2, -0.15) is 0 Å². The molecule has 0 spiro atoms. The van der Waals surface area contributed by atoms with Gasteiger partial charge in [0.25, 0.3) is 0 Å².